The third kappa shape index (κ3) is 6.13. The van der Waals surface area contributed by atoms with Crippen LogP contribution in [0.3, 0.4) is 0 Å². The lowest BCUT2D eigenvalue weighted by atomic mass is 9.99. The van der Waals surface area contributed by atoms with Gasteiger partial charge in [-0.05, 0) is 28.8 Å². The normalized spacial score (nSPS) is 19.5. The first-order chi connectivity index (χ1) is 19.4. The van der Waals surface area contributed by atoms with Crippen LogP contribution in [0.4, 0.5) is 9.18 Å². The van der Waals surface area contributed by atoms with Crippen molar-refractivity contribution in [2.24, 2.45) is 0 Å². The summed E-state index contributed by atoms with van der Waals surface area (Å²) in [4.78, 5) is 44.1. The van der Waals surface area contributed by atoms with E-state index in [0.29, 0.717) is 12.1 Å². The number of carbonyl (C=O) groups excluding carboxylic acids is 3. The zero-order chi connectivity index (χ0) is 28.1. The molecule has 0 radical (unpaired) electrons. The molecule has 2 fully saturated rings. The Morgan fingerprint density at radius 2 is 1.62 bits per heavy atom. The molecule has 0 unspecified atom stereocenters. The first-order valence-electron chi connectivity index (χ1n) is 13.2. The molecule has 2 aliphatic heterocycles. The Kier molecular flexibility index (Phi) is 8.66. The van der Waals surface area contributed by atoms with Gasteiger partial charge in [-0.3, -0.25) is 9.59 Å². The molecule has 8 nitrogen and oxygen atoms in total. The van der Waals surface area contributed by atoms with Gasteiger partial charge in [0.1, 0.15) is 18.0 Å². The van der Waals surface area contributed by atoms with Crippen molar-refractivity contribution < 1.29 is 18.8 Å². The Hall–Kier alpha value is -3.89. The summed E-state index contributed by atoms with van der Waals surface area (Å²) in [6.45, 7) is 0.857. The number of carbonyl (C=O) groups is 3. The van der Waals surface area contributed by atoms with Crippen LogP contribution < -0.4 is 5.32 Å². The number of rotatable bonds is 8. The molecule has 208 valence electrons. The van der Waals surface area contributed by atoms with E-state index in [0.717, 1.165) is 17.1 Å². The number of benzene rings is 3. The minimum atomic E-state index is -0.826. The van der Waals surface area contributed by atoms with E-state index in [9.17, 15) is 18.8 Å². The Bertz CT molecular complexity index is 1330. The topological polar surface area (TPSA) is 76.2 Å². The average Bonchev–Trinajstić information content (AvgIpc) is 2.96. The Balaban J connectivity index is 1.36. The summed E-state index contributed by atoms with van der Waals surface area (Å²) in [6.07, 6.45) is -0.679. The van der Waals surface area contributed by atoms with Gasteiger partial charge in [0, 0.05) is 31.6 Å². The van der Waals surface area contributed by atoms with E-state index in [4.69, 9.17) is 0 Å². The summed E-state index contributed by atoms with van der Waals surface area (Å²) in [6, 6.07) is 24.1. The van der Waals surface area contributed by atoms with Crippen LogP contribution in [0.5, 0.6) is 0 Å². The maximum atomic E-state index is 13.8. The van der Waals surface area contributed by atoms with Crippen molar-refractivity contribution in [3.05, 3.63) is 107 Å². The van der Waals surface area contributed by atoms with Crippen LogP contribution >= 0.6 is 11.8 Å². The van der Waals surface area contributed by atoms with Crippen LogP contribution in [-0.4, -0.2) is 76.3 Å². The number of nitrogens with one attached hydrogen (secondary N) is 1. The van der Waals surface area contributed by atoms with Crippen molar-refractivity contribution in [2.75, 3.05) is 32.4 Å². The number of likely N-dealkylation sites (N-methyl/N-ethyl adjacent to an activating group) is 1. The highest BCUT2D eigenvalue weighted by Crippen LogP contribution is 2.34. The summed E-state index contributed by atoms with van der Waals surface area (Å²) in [5.74, 6) is 0.846. The fourth-order valence-electron chi connectivity index (χ4n) is 5.16. The highest BCUT2D eigenvalue weighted by atomic mass is 32.2. The highest BCUT2D eigenvalue weighted by molar-refractivity contribution is 7.98. The molecule has 0 bridgehead atoms. The molecule has 3 aromatic rings. The smallest absolute Gasteiger partial charge is 0.334 e. The van der Waals surface area contributed by atoms with Gasteiger partial charge in [0.05, 0.1) is 13.1 Å². The lowest BCUT2D eigenvalue weighted by Gasteiger charge is -2.54. The third-order valence-corrected chi connectivity index (χ3v) is 8.14. The largest absolute Gasteiger partial charge is 0.336 e. The van der Waals surface area contributed by atoms with Gasteiger partial charge in [-0.1, -0.05) is 72.8 Å². The molecule has 0 saturated carbocycles. The SMILES string of the molecule is CN1CC(=O)N2[C@@H](c3ccccc3)C(=O)N(CCSCc3ccccc3)C[C@@H]2N1C(=O)NCc1ccc(F)cc1. The van der Waals surface area contributed by atoms with Crippen LogP contribution in [0.1, 0.15) is 22.7 Å². The van der Waals surface area contributed by atoms with Crippen molar-refractivity contribution in [3.63, 3.8) is 0 Å². The number of piperazine rings is 1. The number of urea groups is 1. The van der Waals surface area contributed by atoms with Crippen molar-refractivity contribution in [1.82, 2.24) is 25.1 Å². The van der Waals surface area contributed by atoms with Crippen LogP contribution in [0.25, 0.3) is 0 Å². The van der Waals surface area contributed by atoms with Crippen molar-refractivity contribution in [3.8, 4) is 0 Å². The van der Waals surface area contributed by atoms with Crippen LogP contribution in [0.2, 0.25) is 0 Å². The van der Waals surface area contributed by atoms with E-state index >= 15 is 0 Å². The zero-order valence-electron chi connectivity index (χ0n) is 22.3. The molecular formula is C30H32FN5O3S. The molecule has 2 heterocycles. The van der Waals surface area contributed by atoms with E-state index in [1.807, 2.05) is 48.5 Å². The molecule has 0 aliphatic carbocycles. The summed E-state index contributed by atoms with van der Waals surface area (Å²) in [5.41, 5.74) is 2.68. The van der Waals surface area contributed by atoms with Gasteiger partial charge >= 0.3 is 6.03 Å². The maximum Gasteiger partial charge on any atom is 0.334 e. The molecule has 3 aromatic carbocycles. The minimum absolute atomic E-state index is 0.0377. The van der Waals surface area contributed by atoms with Gasteiger partial charge in [0.15, 0.2) is 0 Å². The Morgan fingerprint density at radius 1 is 0.950 bits per heavy atom. The molecule has 2 saturated heterocycles. The number of nitrogens with zero attached hydrogens (tertiary/aromatic N) is 4. The van der Waals surface area contributed by atoms with E-state index < -0.39 is 18.2 Å². The second kappa shape index (κ2) is 12.5. The first kappa shape index (κ1) is 27.7. The predicted molar refractivity (Wildman–Crippen MR) is 152 cm³/mol. The summed E-state index contributed by atoms with van der Waals surface area (Å²) >= 11 is 1.74. The second-order valence-electron chi connectivity index (χ2n) is 9.86. The van der Waals surface area contributed by atoms with E-state index in [-0.39, 0.29) is 37.3 Å². The standard InChI is InChI=1S/C30H32FN5O3S/c1-33-20-27(37)35-26(36(33)30(39)32-18-22-12-14-25(31)15-13-22)19-34(16-17-40-21-23-8-4-2-5-9-23)29(38)28(35)24-10-6-3-7-11-24/h2-15,26,28H,16-21H2,1H3,(H,32,39)/t26-,28-/m0/s1. The quantitative estimate of drug-likeness (QED) is 0.423. The molecule has 40 heavy (non-hydrogen) atoms. The molecule has 10 heteroatoms. The Labute approximate surface area is 237 Å². The molecule has 1 N–H and O–H groups in total. The fraction of sp³-hybridized carbons (Fsp3) is 0.300. The van der Waals surface area contributed by atoms with Crippen LogP contribution in [-0.2, 0) is 21.9 Å². The summed E-state index contributed by atoms with van der Waals surface area (Å²) in [5, 5.41) is 6.02. The Morgan fingerprint density at radius 3 is 2.33 bits per heavy atom. The zero-order valence-corrected chi connectivity index (χ0v) is 23.1. The van der Waals surface area contributed by atoms with Crippen LogP contribution in [0.15, 0.2) is 84.9 Å². The van der Waals surface area contributed by atoms with Gasteiger partial charge in [-0.25, -0.2) is 19.2 Å². The average molecular weight is 562 g/mol. The van der Waals surface area contributed by atoms with Crippen molar-refractivity contribution in [2.45, 2.75) is 24.5 Å². The van der Waals surface area contributed by atoms with Gasteiger partial charge in [-0.15, -0.1) is 0 Å². The summed E-state index contributed by atoms with van der Waals surface area (Å²) < 4.78 is 13.3. The van der Waals surface area contributed by atoms with Crippen LogP contribution in [0, 0.1) is 5.82 Å². The van der Waals surface area contributed by atoms with Crippen molar-refractivity contribution in [1.29, 1.82) is 0 Å². The third-order valence-electron chi connectivity index (χ3n) is 7.13. The molecular weight excluding hydrogens is 529 g/mol. The number of hydrazine groups is 1. The van der Waals surface area contributed by atoms with E-state index in [1.165, 1.54) is 22.7 Å². The van der Waals surface area contributed by atoms with Gasteiger partial charge in [0.25, 0.3) is 0 Å². The fourth-order valence-corrected chi connectivity index (χ4v) is 6.08. The van der Waals surface area contributed by atoms with E-state index in [1.54, 1.807) is 45.8 Å². The van der Waals surface area contributed by atoms with E-state index in [2.05, 4.69) is 17.4 Å². The second-order valence-corrected chi connectivity index (χ2v) is 11.0. The van der Waals surface area contributed by atoms with Gasteiger partial charge in [0.2, 0.25) is 11.8 Å². The number of thioether (sulfide) groups is 1. The molecule has 0 aromatic heterocycles. The number of amides is 4. The number of halogens is 1. The molecule has 0 spiro atoms. The number of hydrogen-bond donors (Lipinski definition) is 1. The molecule has 2 atom stereocenters. The lowest BCUT2D eigenvalue weighted by molar-refractivity contribution is -0.187. The lowest BCUT2D eigenvalue weighted by Crippen LogP contribution is -2.73. The monoisotopic (exact) mass is 561 g/mol. The maximum absolute atomic E-state index is 13.8. The molecule has 5 rings (SSSR count). The summed E-state index contributed by atoms with van der Waals surface area (Å²) in [7, 11) is 1.70. The molecule has 2 aliphatic rings. The predicted octanol–water partition coefficient (Wildman–Crippen LogP) is 3.87. The van der Waals surface area contributed by atoms with Crippen molar-refractivity contribution >= 4 is 29.6 Å². The first-order valence-corrected chi connectivity index (χ1v) is 14.4. The molecule has 4 amide bonds. The number of hydrogen-bond acceptors (Lipinski definition) is 5. The minimum Gasteiger partial charge on any atom is -0.336 e. The number of fused-ring (bicyclic) bond motifs is 1. The van der Waals surface area contributed by atoms with Gasteiger partial charge < -0.3 is 15.1 Å². The highest BCUT2D eigenvalue weighted by Gasteiger charge is 2.51. The van der Waals surface area contributed by atoms with Gasteiger partial charge in [-0.2, -0.15) is 11.8 Å².